The fourth-order valence-corrected chi connectivity index (χ4v) is 4.99. The van der Waals surface area contributed by atoms with Crippen molar-refractivity contribution in [2.45, 2.75) is 32.5 Å². The Morgan fingerprint density at radius 3 is 1.94 bits per heavy atom. The Morgan fingerprint density at radius 2 is 1.34 bits per heavy atom. The highest BCUT2D eigenvalue weighted by molar-refractivity contribution is 6.50. The Bertz CT molecular complexity index is 1440. The van der Waals surface area contributed by atoms with Gasteiger partial charge in [0, 0.05) is 58.4 Å². The van der Waals surface area contributed by atoms with Crippen LogP contribution in [-0.2, 0) is 27.4 Å². The zero-order valence-electron chi connectivity index (χ0n) is 17.8. The second-order valence-corrected chi connectivity index (χ2v) is 8.51. The van der Waals surface area contributed by atoms with Crippen LogP contribution in [0.15, 0.2) is 60.9 Å². The summed E-state index contributed by atoms with van der Waals surface area (Å²) in [5, 5.41) is 4.47. The molecule has 2 aliphatic rings. The fraction of sp³-hybridized carbons (Fsp3) is 0.231. The minimum Gasteiger partial charge on any atom is -0.377 e. The maximum Gasteiger partial charge on any atom is 0.259 e. The lowest BCUT2D eigenvalue weighted by molar-refractivity contribution is -0.122. The predicted molar refractivity (Wildman–Crippen MR) is 124 cm³/mol. The molecule has 1 N–H and O–H groups in total. The van der Waals surface area contributed by atoms with Crippen molar-refractivity contribution in [1.82, 2.24) is 14.5 Å². The van der Waals surface area contributed by atoms with Crippen molar-refractivity contribution in [3.63, 3.8) is 0 Å². The lowest BCUT2D eigenvalue weighted by Gasteiger charge is -2.15. The molecule has 1 atom stereocenters. The van der Waals surface area contributed by atoms with Crippen LogP contribution in [0.25, 0.3) is 33.0 Å². The molecular formula is C26H23N3O3. The van der Waals surface area contributed by atoms with E-state index in [4.69, 9.17) is 4.74 Å². The molecule has 0 fully saturated rings. The Morgan fingerprint density at radius 1 is 0.812 bits per heavy atom. The number of carbonyl (C=O) groups excluding carboxylic acids is 2. The summed E-state index contributed by atoms with van der Waals surface area (Å²) in [5.41, 5.74) is 4.54. The Labute approximate surface area is 185 Å². The van der Waals surface area contributed by atoms with Crippen LogP contribution < -0.4 is 5.32 Å². The van der Waals surface area contributed by atoms with Gasteiger partial charge in [-0.05, 0) is 25.5 Å². The number of carbonyl (C=O) groups is 2. The molecule has 4 aromatic rings. The number of nitrogens with one attached hydrogen (secondary N) is 1. The highest BCUT2D eigenvalue weighted by Gasteiger charge is 2.35. The van der Waals surface area contributed by atoms with Crippen molar-refractivity contribution in [2.24, 2.45) is 0 Å². The van der Waals surface area contributed by atoms with Crippen LogP contribution in [0.4, 0.5) is 0 Å². The van der Waals surface area contributed by atoms with Gasteiger partial charge >= 0.3 is 0 Å². The lowest BCUT2D eigenvalue weighted by Crippen LogP contribution is -2.22. The standard InChI is InChI=1S/C26H23N3O3/c1-16-10-11-28-14-19(17-6-2-4-8-21(17)28)23-24(26(31)27-25(23)30)20-15-29(12-13-32-16)22-9-5-3-7-18(20)22/h2-9,14-16H,10-13H2,1H3,(H,27,30,31)/t16-/m0/s1. The molecule has 2 aromatic heterocycles. The molecule has 2 aliphatic heterocycles. The summed E-state index contributed by atoms with van der Waals surface area (Å²) in [4.78, 5) is 26.2. The second-order valence-electron chi connectivity index (χ2n) is 8.51. The Hall–Kier alpha value is -3.64. The summed E-state index contributed by atoms with van der Waals surface area (Å²) in [7, 11) is 0. The molecule has 0 spiro atoms. The van der Waals surface area contributed by atoms with Crippen LogP contribution in [0, 0.1) is 0 Å². The van der Waals surface area contributed by atoms with Crippen LogP contribution in [0.1, 0.15) is 24.5 Å². The number of ether oxygens (including phenoxy) is 1. The molecule has 32 heavy (non-hydrogen) atoms. The number of para-hydroxylation sites is 2. The van der Waals surface area contributed by atoms with E-state index in [0.717, 1.165) is 45.9 Å². The SMILES string of the molecule is C[C@H]1CCn2cc(c3ccccc32)C2=C(C(=O)NC2=O)c2cn(c3ccccc23)CCO1. The smallest absolute Gasteiger partial charge is 0.259 e. The van der Waals surface area contributed by atoms with E-state index in [1.807, 2.05) is 54.9 Å². The molecule has 6 nitrogen and oxygen atoms in total. The maximum absolute atomic E-state index is 13.1. The number of imide groups is 1. The van der Waals surface area contributed by atoms with E-state index in [9.17, 15) is 9.59 Å². The van der Waals surface area contributed by atoms with Gasteiger partial charge in [-0.3, -0.25) is 14.9 Å². The fourth-order valence-electron chi connectivity index (χ4n) is 4.99. The summed E-state index contributed by atoms with van der Waals surface area (Å²) in [5.74, 6) is -0.685. The first kappa shape index (κ1) is 19.1. The monoisotopic (exact) mass is 425 g/mol. The summed E-state index contributed by atoms with van der Waals surface area (Å²) in [6, 6.07) is 16.0. The number of benzene rings is 2. The van der Waals surface area contributed by atoms with Crippen LogP contribution in [0.2, 0.25) is 0 Å². The lowest BCUT2D eigenvalue weighted by atomic mass is 9.95. The van der Waals surface area contributed by atoms with Gasteiger partial charge in [-0.15, -0.1) is 0 Å². The minimum atomic E-state index is -0.346. The normalized spacial score (nSPS) is 19.3. The van der Waals surface area contributed by atoms with Crippen molar-refractivity contribution in [1.29, 1.82) is 0 Å². The van der Waals surface area contributed by atoms with Gasteiger partial charge in [0.2, 0.25) is 0 Å². The van der Waals surface area contributed by atoms with Crippen molar-refractivity contribution >= 4 is 44.8 Å². The zero-order valence-corrected chi connectivity index (χ0v) is 17.8. The number of hydrogen-bond acceptors (Lipinski definition) is 3. The quantitative estimate of drug-likeness (QED) is 0.434. The maximum atomic E-state index is 13.1. The van der Waals surface area contributed by atoms with Gasteiger partial charge in [-0.25, -0.2) is 0 Å². The van der Waals surface area contributed by atoms with Crippen molar-refractivity contribution in [3.8, 4) is 0 Å². The van der Waals surface area contributed by atoms with Gasteiger partial charge < -0.3 is 13.9 Å². The number of fused-ring (bicyclic) bond motifs is 12. The van der Waals surface area contributed by atoms with E-state index >= 15 is 0 Å². The molecular weight excluding hydrogens is 402 g/mol. The molecule has 0 unspecified atom stereocenters. The topological polar surface area (TPSA) is 65.3 Å². The van der Waals surface area contributed by atoms with E-state index < -0.39 is 0 Å². The highest BCUT2D eigenvalue weighted by Crippen LogP contribution is 2.39. The van der Waals surface area contributed by atoms with Gasteiger partial charge in [-0.2, -0.15) is 0 Å². The average molecular weight is 425 g/mol. The number of aromatic nitrogens is 2. The number of rotatable bonds is 0. The molecule has 0 radical (unpaired) electrons. The van der Waals surface area contributed by atoms with Crippen molar-refractivity contribution in [3.05, 3.63) is 72.1 Å². The van der Waals surface area contributed by atoms with Gasteiger partial charge in [0.15, 0.2) is 0 Å². The third-order valence-corrected chi connectivity index (χ3v) is 6.56. The highest BCUT2D eigenvalue weighted by atomic mass is 16.5. The first-order chi connectivity index (χ1) is 15.6. The summed E-state index contributed by atoms with van der Waals surface area (Å²) >= 11 is 0. The van der Waals surface area contributed by atoms with Crippen molar-refractivity contribution in [2.75, 3.05) is 6.61 Å². The van der Waals surface area contributed by atoms with Gasteiger partial charge in [-0.1, -0.05) is 36.4 Å². The first-order valence-electron chi connectivity index (χ1n) is 11.0. The average Bonchev–Trinajstić information content (AvgIpc) is 3.43. The summed E-state index contributed by atoms with van der Waals surface area (Å²) < 4.78 is 10.4. The largest absolute Gasteiger partial charge is 0.377 e. The van der Waals surface area contributed by atoms with Gasteiger partial charge in [0.25, 0.3) is 11.8 Å². The van der Waals surface area contributed by atoms with Crippen LogP contribution in [-0.4, -0.2) is 33.7 Å². The number of nitrogens with zero attached hydrogens (tertiary/aromatic N) is 2. The van der Waals surface area contributed by atoms with Crippen LogP contribution >= 0.6 is 0 Å². The first-order valence-corrected chi connectivity index (χ1v) is 11.0. The minimum absolute atomic E-state index is 0.106. The van der Waals surface area contributed by atoms with E-state index in [0.29, 0.717) is 24.3 Å². The van der Waals surface area contributed by atoms with E-state index in [1.165, 1.54) is 0 Å². The summed E-state index contributed by atoms with van der Waals surface area (Å²) in [6.45, 7) is 4.12. The molecule has 6 rings (SSSR count). The van der Waals surface area contributed by atoms with Crippen molar-refractivity contribution < 1.29 is 14.3 Å². The predicted octanol–water partition coefficient (Wildman–Crippen LogP) is 3.97. The summed E-state index contributed by atoms with van der Waals surface area (Å²) in [6.07, 6.45) is 4.95. The van der Waals surface area contributed by atoms with Gasteiger partial charge in [0.05, 0.1) is 23.9 Å². The third kappa shape index (κ3) is 2.83. The van der Waals surface area contributed by atoms with Gasteiger partial charge in [0.1, 0.15) is 0 Å². The van der Waals surface area contributed by atoms with Crippen LogP contribution in [0.3, 0.4) is 0 Å². The molecule has 0 aliphatic carbocycles. The molecule has 4 bridgehead atoms. The Kier molecular flexibility index (Phi) is 4.30. The second kappa shape index (κ2) is 7.21. The third-order valence-electron chi connectivity index (χ3n) is 6.56. The zero-order chi connectivity index (χ0) is 21.8. The molecule has 2 aromatic carbocycles. The number of hydrogen-bond donors (Lipinski definition) is 1. The number of aryl methyl sites for hydroxylation is 1. The van der Waals surface area contributed by atoms with E-state index in [-0.39, 0.29) is 17.9 Å². The Balaban J connectivity index is 1.70. The van der Waals surface area contributed by atoms with Crippen LogP contribution in [0.5, 0.6) is 0 Å². The number of amides is 2. The molecule has 6 heteroatoms. The molecule has 0 saturated carbocycles. The molecule has 0 saturated heterocycles. The molecule has 160 valence electrons. The van der Waals surface area contributed by atoms with E-state index in [2.05, 4.69) is 27.4 Å². The molecule has 4 heterocycles. The molecule has 2 amide bonds. The van der Waals surface area contributed by atoms with E-state index in [1.54, 1.807) is 0 Å².